The Morgan fingerprint density at radius 2 is 1.70 bits per heavy atom. The first-order valence-corrected chi connectivity index (χ1v) is 11.9. The van der Waals surface area contributed by atoms with Crippen molar-refractivity contribution in [2.45, 2.75) is 26.4 Å². The number of benzene rings is 2. The molecule has 0 fully saturated rings. The molecule has 0 bridgehead atoms. The van der Waals surface area contributed by atoms with Crippen molar-refractivity contribution in [2.24, 2.45) is 0 Å². The Bertz CT molecular complexity index is 997. The van der Waals surface area contributed by atoms with E-state index in [2.05, 4.69) is 0 Å². The Morgan fingerprint density at radius 1 is 1.00 bits per heavy atom. The maximum absolute atomic E-state index is 14.3. The fourth-order valence-electron chi connectivity index (χ4n) is 3.78. The summed E-state index contributed by atoms with van der Waals surface area (Å²) in [5.41, 5.74) is 2.33. The number of para-hydroxylation sites is 1. The lowest BCUT2D eigenvalue weighted by molar-refractivity contribution is -0.116. The predicted octanol–water partition coefficient (Wildman–Crippen LogP) is 2.85. The van der Waals surface area contributed by atoms with E-state index in [1.165, 1.54) is 23.6 Å². The number of nitrogens with zero attached hydrogens (tertiary/aromatic N) is 3. The van der Waals surface area contributed by atoms with Gasteiger partial charge in [-0.1, -0.05) is 36.4 Å². The molecule has 0 saturated carbocycles. The summed E-state index contributed by atoms with van der Waals surface area (Å²) in [4.78, 5) is 16.1. The van der Waals surface area contributed by atoms with Gasteiger partial charge in [0.25, 0.3) is 0 Å². The number of rotatable bonds is 3. The molecule has 2 aromatic carbocycles. The number of fused-ring (bicyclic) bond motifs is 1. The number of amides is 1. The molecule has 1 aliphatic heterocycles. The van der Waals surface area contributed by atoms with Crippen LogP contribution in [-0.4, -0.2) is 56.0 Å². The highest BCUT2D eigenvalue weighted by atomic mass is 32.2. The van der Waals surface area contributed by atoms with Crippen molar-refractivity contribution in [3.05, 3.63) is 65.5 Å². The molecule has 0 unspecified atom stereocenters. The lowest BCUT2D eigenvalue weighted by Gasteiger charge is -2.27. The number of carbonyl (C=O) groups excluding carboxylic acids is 1. The van der Waals surface area contributed by atoms with Crippen LogP contribution in [-0.2, 0) is 27.9 Å². The lowest BCUT2D eigenvalue weighted by atomic mass is 10.1. The van der Waals surface area contributed by atoms with Crippen molar-refractivity contribution < 1.29 is 17.6 Å². The molecule has 30 heavy (non-hydrogen) atoms. The zero-order valence-electron chi connectivity index (χ0n) is 17.4. The minimum Gasteiger partial charge on any atom is -0.312 e. The van der Waals surface area contributed by atoms with E-state index < -0.39 is 10.0 Å². The van der Waals surface area contributed by atoms with Crippen LogP contribution in [0.5, 0.6) is 0 Å². The number of halogens is 1. The van der Waals surface area contributed by atoms with Gasteiger partial charge in [0.2, 0.25) is 15.9 Å². The van der Waals surface area contributed by atoms with Crippen LogP contribution < -0.4 is 4.90 Å². The summed E-state index contributed by atoms with van der Waals surface area (Å²) in [5.74, 6) is -0.376. The van der Waals surface area contributed by atoms with Crippen LogP contribution in [0.25, 0.3) is 0 Å². The van der Waals surface area contributed by atoms with Crippen LogP contribution >= 0.6 is 0 Å². The predicted molar refractivity (Wildman–Crippen MR) is 116 cm³/mol. The fourth-order valence-corrected chi connectivity index (χ4v) is 4.65. The van der Waals surface area contributed by atoms with Crippen molar-refractivity contribution in [1.82, 2.24) is 9.21 Å². The first-order valence-electron chi connectivity index (χ1n) is 10.0. The van der Waals surface area contributed by atoms with Crippen LogP contribution in [0.15, 0.2) is 48.5 Å². The number of hydrogen-bond acceptors (Lipinski definition) is 4. The highest BCUT2D eigenvalue weighted by molar-refractivity contribution is 7.88. The van der Waals surface area contributed by atoms with E-state index >= 15 is 0 Å². The first kappa shape index (κ1) is 22.4. The second kappa shape index (κ2) is 9.68. The van der Waals surface area contributed by atoms with Gasteiger partial charge >= 0.3 is 0 Å². The molecule has 1 amide bonds. The molecule has 3 rings (SSSR count). The van der Waals surface area contributed by atoms with E-state index in [0.29, 0.717) is 51.3 Å². The maximum atomic E-state index is 14.3. The van der Waals surface area contributed by atoms with Crippen molar-refractivity contribution >= 4 is 21.6 Å². The van der Waals surface area contributed by atoms with Gasteiger partial charge in [-0.3, -0.25) is 9.69 Å². The molecule has 1 heterocycles. The summed E-state index contributed by atoms with van der Waals surface area (Å²) in [6.07, 6.45) is 1.74. The average molecular weight is 434 g/mol. The van der Waals surface area contributed by atoms with E-state index in [-0.39, 0.29) is 11.7 Å². The zero-order chi connectivity index (χ0) is 21.7. The second-order valence-electron chi connectivity index (χ2n) is 7.62. The quantitative estimate of drug-likeness (QED) is 0.747. The molecular weight excluding hydrogens is 405 g/mol. The molecule has 8 heteroatoms. The third kappa shape index (κ3) is 5.65. The number of anilines is 1. The monoisotopic (exact) mass is 433 g/mol. The van der Waals surface area contributed by atoms with E-state index in [1.807, 2.05) is 29.2 Å². The SMILES string of the molecule is CC(=O)N1CCCN(S(C)(=O)=O)CCN(Cc2ccccc2F)Cc2ccccc21. The van der Waals surface area contributed by atoms with Gasteiger partial charge in [-0.05, 0) is 24.1 Å². The summed E-state index contributed by atoms with van der Waals surface area (Å²) in [5, 5.41) is 0. The summed E-state index contributed by atoms with van der Waals surface area (Å²) in [6, 6.07) is 14.3. The largest absolute Gasteiger partial charge is 0.312 e. The topological polar surface area (TPSA) is 60.9 Å². The summed E-state index contributed by atoms with van der Waals surface area (Å²) >= 11 is 0. The Labute approximate surface area is 177 Å². The third-order valence-corrected chi connectivity index (χ3v) is 6.64. The van der Waals surface area contributed by atoms with Gasteiger partial charge < -0.3 is 4.90 Å². The highest BCUT2D eigenvalue weighted by Gasteiger charge is 2.23. The zero-order valence-corrected chi connectivity index (χ0v) is 18.2. The van der Waals surface area contributed by atoms with Crippen LogP contribution in [0.4, 0.5) is 10.1 Å². The molecule has 0 aliphatic carbocycles. The molecule has 0 saturated heterocycles. The Kier molecular flexibility index (Phi) is 7.23. The minimum absolute atomic E-state index is 0.0896. The van der Waals surface area contributed by atoms with E-state index in [1.54, 1.807) is 23.1 Å². The Hall–Kier alpha value is -2.29. The molecule has 162 valence electrons. The summed E-state index contributed by atoms with van der Waals surface area (Å²) in [7, 11) is -3.39. The molecule has 2 aromatic rings. The third-order valence-electron chi connectivity index (χ3n) is 5.33. The highest BCUT2D eigenvalue weighted by Crippen LogP contribution is 2.24. The van der Waals surface area contributed by atoms with E-state index in [4.69, 9.17) is 0 Å². The maximum Gasteiger partial charge on any atom is 0.223 e. The van der Waals surface area contributed by atoms with Crippen molar-refractivity contribution in [1.29, 1.82) is 0 Å². The van der Waals surface area contributed by atoms with Gasteiger partial charge in [-0.25, -0.2) is 17.1 Å². The van der Waals surface area contributed by atoms with Gasteiger partial charge in [0.05, 0.1) is 6.26 Å². The summed E-state index contributed by atoms with van der Waals surface area (Å²) < 4.78 is 40.2. The first-order chi connectivity index (χ1) is 14.3. The molecule has 0 spiro atoms. The molecule has 0 radical (unpaired) electrons. The fraction of sp³-hybridized carbons (Fsp3) is 0.409. The van der Waals surface area contributed by atoms with Gasteiger partial charge in [0.15, 0.2) is 0 Å². The standard InChI is InChI=1S/C22H28FN3O3S/c1-18(27)26-13-7-12-25(30(2,28)29)15-14-24(16-19-8-3-5-10-21(19)23)17-20-9-4-6-11-22(20)26/h3-6,8-11H,7,12-17H2,1-2H3. The van der Waals surface area contributed by atoms with Gasteiger partial charge in [-0.15, -0.1) is 0 Å². The molecule has 0 atom stereocenters. The number of sulfonamides is 1. The number of hydrogen-bond donors (Lipinski definition) is 0. The van der Waals surface area contributed by atoms with Gasteiger partial charge in [0, 0.05) is 57.4 Å². The van der Waals surface area contributed by atoms with E-state index in [9.17, 15) is 17.6 Å². The molecule has 0 N–H and O–H groups in total. The number of carbonyl (C=O) groups is 1. The average Bonchev–Trinajstić information content (AvgIpc) is 2.71. The summed E-state index contributed by atoms with van der Waals surface area (Å²) in [6.45, 7) is 3.88. The van der Waals surface area contributed by atoms with Crippen LogP contribution in [0.3, 0.4) is 0 Å². The van der Waals surface area contributed by atoms with Crippen LogP contribution in [0.2, 0.25) is 0 Å². The molecule has 6 nitrogen and oxygen atoms in total. The van der Waals surface area contributed by atoms with Crippen molar-refractivity contribution in [2.75, 3.05) is 37.3 Å². The normalized spacial score (nSPS) is 17.2. The molecule has 0 aromatic heterocycles. The molecule has 1 aliphatic rings. The van der Waals surface area contributed by atoms with Crippen LogP contribution in [0.1, 0.15) is 24.5 Å². The van der Waals surface area contributed by atoms with E-state index in [0.717, 1.165) is 11.3 Å². The Morgan fingerprint density at radius 3 is 2.40 bits per heavy atom. The van der Waals surface area contributed by atoms with Crippen molar-refractivity contribution in [3.63, 3.8) is 0 Å². The minimum atomic E-state index is -3.39. The van der Waals surface area contributed by atoms with Gasteiger partial charge in [-0.2, -0.15) is 0 Å². The van der Waals surface area contributed by atoms with Crippen molar-refractivity contribution in [3.8, 4) is 0 Å². The van der Waals surface area contributed by atoms with Gasteiger partial charge in [0.1, 0.15) is 5.82 Å². The Balaban J connectivity index is 1.97. The molecular formula is C22H28FN3O3S. The van der Waals surface area contributed by atoms with Crippen LogP contribution in [0, 0.1) is 5.82 Å². The smallest absolute Gasteiger partial charge is 0.223 e. The second-order valence-corrected chi connectivity index (χ2v) is 9.60. The lowest BCUT2D eigenvalue weighted by Crippen LogP contribution is -2.39.